The first kappa shape index (κ1) is 14.2. The summed E-state index contributed by atoms with van der Waals surface area (Å²) >= 11 is 3.36. The lowest BCUT2D eigenvalue weighted by atomic mass is 9.89. The first-order chi connectivity index (χ1) is 9.94. The van der Waals surface area contributed by atoms with Crippen molar-refractivity contribution in [3.05, 3.63) is 56.4 Å². The zero-order chi connectivity index (χ0) is 15.2. The van der Waals surface area contributed by atoms with Gasteiger partial charge in [0.25, 0.3) is 0 Å². The van der Waals surface area contributed by atoms with Gasteiger partial charge in [0.1, 0.15) is 17.4 Å². The molecule has 2 aliphatic heterocycles. The Morgan fingerprint density at radius 3 is 2.86 bits per heavy atom. The van der Waals surface area contributed by atoms with Crippen molar-refractivity contribution in [3.8, 4) is 6.07 Å². The Bertz CT molecular complexity index is 834. The van der Waals surface area contributed by atoms with E-state index < -0.39 is 15.8 Å². The third-order valence-electron chi connectivity index (χ3n) is 3.56. The first-order valence-electron chi connectivity index (χ1n) is 6.23. The van der Waals surface area contributed by atoms with Crippen molar-refractivity contribution in [2.75, 3.05) is 5.75 Å². The second kappa shape index (κ2) is 4.90. The van der Waals surface area contributed by atoms with Crippen molar-refractivity contribution >= 4 is 25.8 Å². The highest BCUT2D eigenvalue weighted by atomic mass is 79.9. The number of allylic oxidation sites excluding steroid dienone is 3. The lowest BCUT2D eigenvalue weighted by Gasteiger charge is -2.25. The van der Waals surface area contributed by atoms with Gasteiger partial charge in [-0.25, -0.2) is 8.42 Å². The smallest absolute Gasteiger partial charge is 0.205 e. The Labute approximate surface area is 130 Å². The number of hydrogen-bond acceptors (Lipinski definition) is 5. The Morgan fingerprint density at radius 1 is 1.43 bits per heavy atom. The first-order valence-corrected chi connectivity index (χ1v) is 8.67. The zero-order valence-corrected chi connectivity index (χ0v) is 13.2. The molecule has 2 heterocycles. The summed E-state index contributed by atoms with van der Waals surface area (Å²) in [4.78, 5) is 0.173. The van der Waals surface area contributed by atoms with Crippen LogP contribution < -0.4 is 5.73 Å². The van der Waals surface area contributed by atoms with Crippen molar-refractivity contribution in [2.24, 2.45) is 5.73 Å². The molecule has 2 aliphatic rings. The Hall–Kier alpha value is -1.78. The summed E-state index contributed by atoms with van der Waals surface area (Å²) < 4.78 is 30.8. The van der Waals surface area contributed by atoms with E-state index in [-0.39, 0.29) is 22.1 Å². The summed E-state index contributed by atoms with van der Waals surface area (Å²) in [6.45, 7) is 0. The van der Waals surface area contributed by atoms with Crippen molar-refractivity contribution in [2.45, 2.75) is 12.3 Å². The number of rotatable bonds is 1. The minimum atomic E-state index is -3.43. The van der Waals surface area contributed by atoms with E-state index in [1.165, 1.54) is 0 Å². The summed E-state index contributed by atoms with van der Waals surface area (Å²) in [5, 5.41) is 9.36. The van der Waals surface area contributed by atoms with Gasteiger partial charge >= 0.3 is 0 Å². The number of benzene rings is 1. The molecule has 1 aromatic rings. The summed E-state index contributed by atoms with van der Waals surface area (Å²) in [6, 6.07) is 9.19. The quantitative estimate of drug-likeness (QED) is 0.822. The lowest BCUT2D eigenvalue weighted by Crippen LogP contribution is -2.21. The third-order valence-corrected chi connectivity index (χ3v) is 5.93. The molecule has 0 aliphatic carbocycles. The number of nitrogens with two attached hydrogens (primary N) is 1. The highest BCUT2D eigenvalue weighted by Gasteiger charge is 2.43. The molecule has 0 bridgehead atoms. The molecule has 3 rings (SSSR count). The highest BCUT2D eigenvalue weighted by molar-refractivity contribution is 9.10. The fourth-order valence-electron chi connectivity index (χ4n) is 2.66. The minimum absolute atomic E-state index is 0.00580. The number of nitriles is 1. The summed E-state index contributed by atoms with van der Waals surface area (Å²) in [5.41, 5.74) is 6.63. The van der Waals surface area contributed by atoms with Crippen LogP contribution in [0.5, 0.6) is 0 Å². The SMILES string of the molecule is N#CC1=C(N)OC2=C(C1c1cccc(Br)c1)S(=O)(=O)CC2. The normalized spacial score (nSPS) is 23.5. The highest BCUT2D eigenvalue weighted by Crippen LogP contribution is 2.46. The third kappa shape index (κ3) is 2.24. The van der Waals surface area contributed by atoms with Crippen molar-refractivity contribution in [3.63, 3.8) is 0 Å². The molecule has 0 saturated heterocycles. The maximum Gasteiger partial charge on any atom is 0.205 e. The molecule has 0 spiro atoms. The molecule has 0 fully saturated rings. The van der Waals surface area contributed by atoms with Gasteiger partial charge in [0.05, 0.1) is 16.6 Å². The predicted molar refractivity (Wildman–Crippen MR) is 80.2 cm³/mol. The minimum Gasteiger partial charge on any atom is -0.444 e. The number of ether oxygens (including phenoxy) is 1. The molecule has 108 valence electrons. The average Bonchev–Trinajstić information content (AvgIpc) is 2.72. The summed E-state index contributed by atoms with van der Waals surface area (Å²) in [5.74, 6) is -0.354. The van der Waals surface area contributed by atoms with Crippen molar-refractivity contribution in [1.29, 1.82) is 5.26 Å². The van der Waals surface area contributed by atoms with Gasteiger partial charge < -0.3 is 10.5 Å². The molecular weight excluding hydrogens is 356 g/mol. The van der Waals surface area contributed by atoms with Gasteiger partial charge in [-0.05, 0) is 17.7 Å². The standard InChI is InChI=1S/C14H11BrN2O3S/c15-9-3-1-2-8(6-9)12-10(7-16)14(17)20-11-4-5-21(18,19)13(11)12/h1-3,6,12H,4-5,17H2. The van der Waals surface area contributed by atoms with Crippen LogP contribution in [0.15, 0.2) is 50.9 Å². The van der Waals surface area contributed by atoms with Gasteiger partial charge in [-0.1, -0.05) is 28.1 Å². The molecule has 0 radical (unpaired) electrons. The number of halogens is 1. The molecule has 0 saturated carbocycles. The van der Waals surface area contributed by atoms with E-state index in [0.29, 0.717) is 17.7 Å². The van der Waals surface area contributed by atoms with Gasteiger partial charge in [-0.15, -0.1) is 0 Å². The molecule has 0 amide bonds. The van der Waals surface area contributed by atoms with Gasteiger partial charge in [0.15, 0.2) is 9.84 Å². The summed E-state index contributed by atoms with van der Waals surface area (Å²) in [7, 11) is -3.43. The van der Waals surface area contributed by atoms with Crippen LogP contribution in [0.4, 0.5) is 0 Å². The molecule has 2 N–H and O–H groups in total. The number of nitrogens with zero attached hydrogens (tertiary/aromatic N) is 1. The molecule has 1 unspecified atom stereocenters. The largest absolute Gasteiger partial charge is 0.444 e. The van der Waals surface area contributed by atoms with Crippen molar-refractivity contribution in [1.82, 2.24) is 0 Å². The lowest BCUT2D eigenvalue weighted by molar-refractivity contribution is 0.276. The molecule has 21 heavy (non-hydrogen) atoms. The summed E-state index contributed by atoms with van der Waals surface area (Å²) in [6.07, 6.45) is 0.293. The number of sulfone groups is 1. The van der Waals surface area contributed by atoms with Crippen LogP contribution in [-0.4, -0.2) is 14.2 Å². The fraction of sp³-hybridized carbons (Fsp3) is 0.214. The van der Waals surface area contributed by atoms with Crippen LogP contribution in [-0.2, 0) is 14.6 Å². The van der Waals surface area contributed by atoms with E-state index >= 15 is 0 Å². The van der Waals surface area contributed by atoms with E-state index in [2.05, 4.69) is 15.9 Å². The van der Waals surface area contributed by atoms with Gasteiger partial charge in [-0.2, -0.15) is 5.26 Å². The van der Waals surface area contributed by atoms with E-state index in [9.17, 15) is 13.7 Å². The molecular formula is C14H11BrN2O3S. The van der Waals surface area contributed by atoms with Crippen LogP contribution >= 0.6 is 15.9 Å². The zero-order valence-electron chi connectivity index (χ0n) is 10.8. The molecule has 7 heteroatoms. The maximum atomic E-state index is 12.3. The van der Waals surface area contributed by atoms with Crippen molar-refractivity contribution < 1.29 is 13.2 Å². The fourth-order valence-corrected chi connectivity index (χ4v) is 4.86. The van der Waals surface area contributed by atoms with E-state index in [1.807, 2.05) is 12.1 Å². The topological polar surface area (TPSA) is 93.2 Å². The van der Waals surface area contributed by atoms with Crippen LogP contribution in [0.2, 0.25) is 0 Å². The second-order valence-corrected chi connectivity index (χ2v) is 7.83. The van der Waals surface area contributed by atoms with Gasteiger partial charge in [-0.3, -0.25) is 0 Å². The Balaban J connectivity index is 2.25. The van der Waals surface area contributed by atoms with Crippen LogP contribution in [0.3, 0.4) is 0 Å². The molecule has 5 nitrogen and oxygen atoms in total. The van der Waals surface area contributed by atoms with E-state index in [1.54, 1.807) is 18.2 Å². The number of hydrogen-bond donors (Lipinski definition) is 1. The van der Waals surface area contributed by atoms with Gasteiger partial charge in [0, 0.05) is 10.9 Å². The average molecular weight is 367 g/mol. The monoisotopic (exact) mass is 366 g/mol. The Kier molecular flexibility index (Phi) is 3.30. The predicted octanol–water partition coefficient (Wildman–Crippen LogP) is 2.29. The van der Waals surface area contributed by atoms with E-state index in [4.69, 9.17) is 10.5 Å². The molecule has 1 aromatic carbocycles. The van der Waals surface area contributed by atoms with Gasteiger partial charge in [0.2, 0.25) is 5.88 Å². The maximum absolute atomic E-state index is 12.3. The Morgan fingerprint density at radius 2 is 2.19 bits per heavy atom. The molecule has 1 atom stereocenters. The van der Waals surface area contributed by atoms with Crippen LogP contribution in [0.25, 0.3) is 0 Å². The second-order valence-electron chi connectivity index (χ2n) is 4.84. The van der Waals surface area contributed by atoms with Crippen LogP contribution in [0, 0.1) is 11.3 Å². The van der Waals surface area contributed by atoms with Crippen LogP contribution in [0.1, 0.15) is 17.9 Å². The van der Waals surface area contributed by atoms with E-state index in [0.717, 1.165) is 4.47 Å². The molecule has 0 aromatic heterocycles.